The maximum absolute atomic E-state index is 3.17. The Labute approximate surface area is 62.2 Å². The molecule has 1 aromatic heterocycles. The van der Waals surface area contributed by atoms with Crippen LogP contribution in [0, 0.1) is 5.07 Å². The standard InChI is InChI=1S/C8H11NP/c1-7(2)10-8-5-3-4-6-9-8/h3-6,9H,1-2H3/q+1. The summed E-state index contributed by atoms with van der Waals surface area (Å²) in [6, 6.07) is 6.13. The van der Waals surface area contributed by atoms with Gasteiger partial charge < -0.3 is 0 Å². The van der Waals surface area contributed by atoms with Crippen LogP contribution >= 0.6 is 7.83 Å². The monoisotopic (exact) mass is 152 g/mol. The molecule has 1 heterocycles. The van der Waals surface area contributed by atoms with Gasteiger partial charge in [-0.2, -0.15) is 0 Å². The summed E-state index contributed by atoms with van der Waals surface area (Å²) in [6.45, 7) is 4.25. The fraction of sp³-hybridized carbons (Fsp3) is 0.250. The molecule has 0 radical (unpaired) electrons. The summed E-state index contributed by atoms with van der Waals surface area (Å²) in [7, 11) is 1.29. The van der Waals surface area contributed by atoms with Crippen LogP contribution in [0.25, 0.3) is 0 Å². The molecule has 1 aromatic rings. The summed E-state index contributed by atoms with van der Waals surface area (Å²) in [5.74, 6) is 0. The molecular weight excluding hydrogens is 141 g/mol. The molecule has 0 aromatic carbocycles. The Morgan fingerprint density at radius 2 is 2.20 bits per heavy atom. The Kier molecular flexibility index (Phi) is 2.70. The number of aromatic amines is 1. The third-order valence-electron chi connectivity index (χ3n) is 1.04. The van der Waals surface area contributed by atoms with Gasteiger partial charge in [-0.1, -0.05) is 0 Å². The van der Waals surface area contributed by atoms with Crippen molar-refractivity contribution in [1.82, 2.24) is 4.98 Å². The minimum absolute atomic E-state index is 1.25. The van der Waals surface area contributed by atoms with Crippen molar-refractivity contribution in [3.8, 4) is 0 Å². The summed E-state index contributed by atoms with van der Waals surface area (Å²) >= 11 is 0. The van der Waals surface area contributed by atoms with Crippen LogP contribution in [-0.4, -0.2) is 10.3 Å². The Hall–Kier alpha value is -0.550. The Bertz CT molecular complexity index is 284. The number of hydrogen-bond donors (Lipinski definition) is 1. The fourth-order valence-corrected chi connectivity index (χ4v) is 1.48. The van der Waals surface area contributed by atoms with Gasteiger partial charge >= 0.3 is 61.4 Å². The second kappa shape index (κ2) is 3.58. The van der Waals surface area contributed by atoms with Crippen molar-refractivity contribution < 1.29 is 0 Å². The van der Waals surface area contributed by atoms with Crippen LogP contribution in [0.3, 0.4) is 0 Å². The normalized spacial score (nSPS) is 9.00. The number of hydrogen-bond acceptors (Lipinski definition) is 0. The summed E-state index contributed by atoms with van der Waals surface area (Å²) in [6.07, 6.45) is 1.95. The Morgan fingerprint density at radius 1 is 1.40 bits per heavy atom. The molecule has 0 saturated heterocycles. The molecule has 0 aliphatic carbocycles. The van der Waals surface area contributed by atoms with Crippen molar-refractivity contribution in [3.63, 3.8) is 0 Å². The molecular formula is C8H11NP+. The topological polar surface area (TPSA) is 15.8 Å². The second-order valence-corrected chi connectivity index (χ2v) is 3.91. The molecule has 0 aliphatic heterocycles. The van der Waals surface area contributed by atoms with E-state index >= 15 is 0 Å². The molecule has 2 heteroatoms. The summed E-state index contributed by atoms with van der Waals surface area (Å²) in [5, 5.41) is 2.66. The average molecular weight is 152 g/mol. The zero-order chi connectivity index (χ0) is 7.40. The summed E-state index contributed by atoms with van der Waals surface area (Å²) < 4.78 is 0. The van der Waals surface area contributed by atoms with Gasteiger partial charge in [-0.15, -0.1) is 0 Å². The number of rotatable bonds is 0. The van der Waals surface area contributed by atoms with E-state index < -0.39 is 0 Å². The van der Waals surface area contributed by atoms with Gasteiger partial charge in [-0.3, -0.25) is 0 Å². The number of pyridine rings is 1. The van der Waals surface area contributed by atoms with Crippen molar-refractivity contribution in [3.05, 3.63) is 29.5 Å². The van der Waals surface area contributed by atoms with E-state index in [4.69, 9.17) is 0 Å². The van der Waals surface area contributed by atoms with Crippen LogP contribution in [-0.2, 0) is 0 Å². The van der Waals surface area contributed by atoms with Gasteiger partial charge in [0.1, 0.15) is 0 Å². The molecule has 0 atom stereocenters. The van der Waals surface area contributed by atoms with E-state index in [1.807, 2.05) is 18.3 Å². The second-order valence-electron chi connectivity index (χ2n) is 2.31. The number of aromatic nitrogens is 1. The zero-order valence-corrected chi connectivity index (χ0v) is 7.15. The van der Waals surface area contributed by atoms with Gasteiger partial charge in [-0.05, 0) is 0 Å². The molecule has 10 heavy (non-hydrogen) atoms. The van der Waals surface area contributed by atoms with Gasteiger partial charge in [0.05, 0.1) is 0 Å². The van der Waals surface area contributed by atoms with Crippen LogP contribution in [0.4, 0.5) is 0 Å². The number of H-pyrrole nitrogens is 1. The van der Waals surface area contributed by atoms with E-state index in [1.165, 1.54) is 18.2 Å². The van der Waals surface area contributed by atoms with E-state index in [9.17, 15) is 0 Å². The zero-order valence-electron chi connectivity index (χ0n) is 6.26. The Morgan fingerprint density at radius 3 is 2.70 bits per heavy atom. The molecule has 0 amide bonds. The number of nitrogens with one attached hydrogen (secondary N) is 1. The van der Waals surface area contributed by atoms with Gasteiger partial charge in [0.15, 0.2) is 0 Å². The third-order valence-corrected chi connectivity index (χ3v) is 2.00. The molecule has 0 aliphatic rings. The molecule has 0 fully saturated rings. The predicted octanol–water partition coefficient (Wildman–Crippen LogP) is 2.71. The molecule has 52 valence electrons. The first-order chi connectivity index (χ1) is 4.79. The van der Waals surface area contributed by atoms with Crippen LogP contribution in [0.1, 0.15) is 13.8 Å². The predicted molar refractivity (Wildman–Crippen MR) is 47.3 cm³/mol. The van der Waals surface area contributed by atoms with Crippen molar-refractivity contribution >= 4 is 13.1 Å². The van der Waals surface area contributed by atoms with Gasteiger partial charge in [0, 0.05) is 0 Å². The van der Waals surface area contributed by atoms with Crippen molar-refractivity contribution in [1.29, 1.82) is 0 Å². The van der Waals surface area contributed by atoms with E-state index in [0.717, 1.165) is 0 Å². The van der Waals surface area contributed by atoms with E-state index in [1.54, 1.807) is 0 Å². The first-order valence-corrected chi connectivity index (χ1v) is 4.17. The third kappa shape index (κ3) is 2.36. The maximum atomic E-state index is 3.17. The van der Waals surface area contributed by atoms with Crippen LogP contribution in [0.15, 0.2) is 24.4 Å². The first kappa shape index (κ1) is 7.56. The SMILES string of the molecule is CC(C)=[P+]=c1cccc[nH]1. The van der Waals surface area contributed by atoms with E-state index in [2.05, 4.69) is 24.9 Å². The molecule has 0 spiro atoms. The molecule has 1 rings (SSSR count). The summed E-state index contributed by atoms with van der Waals surface area (Å²) in [5.41, 5.74) is 0. The molecule has 0 bridgehead atoms. The van der Waals surface area contributed by atoms with Crippen molar-refractivity contribution in [2.24, 2.45) is 0 Å². The van der Waals surface area contributed by atoms with Crippen molar-refractivity contribution in [2.75, 3.05) is 0 Å². The first-order valence-electron chi connectivity index (χ1n) is 3.27. The molecule has 0 unspecified atom stereocenters. The minimum atomic E-state index is 1.25. The van der Waals surface area contributed by atoms with Crippen molar-refractivity contribution in [2.45, 2.75) is 13.8 Å². The average Bonchev–Trinajstić information content (AvgIpc) is 1.88. The van der Waals surface area contributed by atoms with E-state index in [0.29, 0.717) is 0 Å². The molecule has 1 nitrogen and oxygen atoms in total. The van der Waals surface area contributed by atoms with E-state index in [-0.39, 0.29) is 0 Å². The van der Waals surface area contributed by atoms with Gasteiger partial charge in [-0.25, -0.2) is 0 Å². The quantitative estimate of drug-likeness (QED) is 0.550. The fourth-order valence-electron chi connectivity index (χ4n) is 0.694. The van der Waals surface area contributed by atoms with Crippen LogP contribution in [0.5, 0.6) is 0 Å². The molecule has 0 saturated carbocycles. The van der Waals surface area contributed by atoms with Gasteiger partial charge in [0.25, 0.3) is 0 Å². The van der Waals surface area contributed by atoms with Crippen LogP contribution in [0.2, 0.25) is 0 Å². The summed E-state index contributed by atoms with van der Waals surface area (Å²) in [4.78, 5) is 3.17. The molecule has 1 N–H and O–H groups in total. The Balaban J connectivity index is 3.33. The van der Waals surface area contributed by atoms with Crippen LogP contribution < -0.4 is 0 Å². The van der Waals surface area contributed by atoms with Gasteiger partial charge in [0.2, 0.25) is 0 Å².